The van der Waals surface area contributed by atoms with Crippen molar-refractivity contribution in [3.05, 3.63) is 53.1 Å². The molecule has 0 saturated carbocycles. The van der Waals surface area contributed by atoms with E-state index in [1.165, 1.54) is 5.56 Å². The first-order chi connectivity index (χ1) is 12.3. The molecule has 25 heavy (non-hydrogen) atoms. The average molecular weight is 354 g/mol. The number of nitrogens with zero attached hydrogens (tertiary/aromatic N) is 6. The summed E-state index contributed by atoms with van der Waals surface area (Å²) in [5.74, 6) is 1.51. The standard InChI is InChI=1S/C18H22N6S/c1-2-23-13-19-21-17(23)15-9-6-10-24(12-15)18-22-20-16(25-18)11-14-7-4-3-5-8-14/h3-5,7-8,13,15H,2,6,9-12H2,1H3. The molecule has 1 aliphatic rings. The van der Waals surface area contributed by atoms with Crippen LogP contribution in [-0.2, 0) is 13.0 Å². The molecule has 2 aromatic heterocycles. The molecule has 1 aliphatic heterocycles. The zero-order valence-corrected chi connectivity index (χ0v) is 15.2. The fourth-order valence-electron chi connectivity index (χ4n) is 3.40. The van der Waals surface area contributed by atoms with Crippen LogP contribution in [-0.4, -0.2) is 38.1 Å². The zero-order valence-electron chi connectivity index (χ0n) is 14.4. The van der Waals surface area contributed by atoms with E-state index >= 15 is 0 Å². The van der Waals surface area contributed by atoms with E-state index in [4.69, 9.17) is 0 Å². The van der Waals surface area contributed by atoms with E-state index in [9.17, 15) is 0 Å². The van der Waals surface area contributed by atoms with Gasteiger partial charge in [0.2, 0.25) is 5.13 Å². The smallest absolute Gasteiger partial charge is 0.208 e. The molecule has 1 atom stereocenters. The van der Waals surface area contributed by atoms with Crippen molar-refractivity contribution < 1.29 is 0 Å². The summed E-state index contributed by atoms with van der Waals surface area (Å²) in [6.45, 7) is 5.03. The second-order valence-corrected chi connectivity index (χ2v) is 7.44. The molecule has 1 saturated heterocycles. The Bertz CT molecular complexity index is 812. The Morgan fingerprint density at radius 2 is 2.04 bits per heavy atom. The van der Waals surface area contributed by atoms with Crippen LogP contribution in [0.2, 0.25) is 0 Å². The van der Waals surface area contributed by atoms with Crippen LogP contribution in [0, 0.1) is 0 Å². The maximum atomic E-state index is 4.45. The number of piperidine rings is 1. The largest absolute Gasteiger partial charge is 0.346 e. The van der Waals surface area contributed by atoms with Crippen molar-refractivity contribution >= 4 is 16.5 Å². The number of rotatable bonds is 5. The SMILES string of the molecule is CCn1cnnc1C1CCCN(c2nnc(Cc3ccccc3)s2)C1. The van der Waals surface area contributed by atoms with Crippen LogP contribution in [0.15, 0.2) is 36.7 Å². The van der Waals surface area contributed by atoms with Crippen LogP contribution in [0.4, 0.5) is 5.13 Å². The number of anilines is 1. The number of aryl methyl sites for hydroxylation is 1. The Morgan fingerprint density at radius 1 is 1.16 bits per heavy atom. The maximum absolute atomic E-state index is 4.45. The molecule has 1 unspecified atom stereocenters. The van der Waals surface area contributed by atoms with Crippen LogP contribution in [0.25, 0.3) is 0 Å². The fourth-order valence-corrected chi connectivity index (χ4v) is 4.31. The summed E-state index contributed by atoms with van der Waals surface area (Å²) in [4.78, 5) is 2.36. The van der Waals surface area contributed by atoms with Gasteiger partial charge in [0, 0.05) is 32.0 Å². The summed E-state index contributed by atoms with van der Waals surface area (Å²) in [6.07, 6.45) is 4.98. The Hall–Kier alpha value is -2.28. The lowest BCUT2D eigenvalue weighted by atomic mass is 9.97. The summed E-state index contributed by atoms with van der Waals surface area (Å²) in [5.41, 5.74) is 1.28. The van der Waals surface area contributed by atoms with Crippen LogP contribution in [0.1, 0.15) is 42.1 Å². The molecule has 0 aliphatic carbocycles. The molecule has 0 bridgehead atoms. The third-order valence-corrected chi connectivity index (χ3v) is 5.68. The van der Waals surface area contributed by atoms with Gasteiger partial charge in [-0.15, -0.1) is 20.4 Å². The predicted molar refractivity (Wildman–Crippen MR) is 99.0 cm³/mol. The lowest BCUT2D eigenvalue weighted by Crippen LogP contribution is -2.35. The maximum Gasteiger partial charge on any atom is 0.208 e. The highest BCUT2D eigenvalue weighted by Crippen LogP contribution is 2.31. The van der Waals surface area contributed by atoms with E-state index in [2.05, 4.69) is 61.1 Å². The monoisotopic (exact) mass is 354 g/mol. The minimum absolute atomic E-state index is 0.415. The Morgan fingerprint density at radius 3 is 2.88 bits per heavy atom. The minimum atomic E-state index is 0.415. The predicted octanol–water partition coefficient (Wildman–Crippen LogP) is 3.12. The molecule has 7 heteroatoms. The molecular weight excluding hydrogens is 332 g/mol. The quantitative estimate of drug-likeness (QED) is 0.704. The van der Waals surface area contributed by atoms with Crippen LogP contribution < -0.4 is 4.90 Å². The second-order valence-electron chi connectivity index (χ2n) is 6.40. The Labute approximate surface area is 151 Å². The normalized spacial score (nSPS) is 17.8. The van der Waals surface area contributed by atoms with Crippen LogP contribution in [0.3, 0.4) is 0 Å². The fraction of sp³-hybridized carbons (Fsp3) is 0.444. The number of aromatic nitrogens is 5. The van der Waals surface area contributed by atoms with Crippen molar-refractivity contribution in [1.29, 1.82) is 0 Å². The molecule has 1 fully saturated rings. The molecule has 0 N–H and O–H groups in total. The van der Waals surface area contributed by atoms with Crippen molar-refractivity contribution in [3.8, 4) is 0 Å². The first-order valence-electron chi connectivity index (χ1n) is 8.82. The van der Waals surface area contributed by atoms with Gasteiger partial charge in [-0.25, -0.2) is 0 Å². The summed E-state index contributed by atoms with van der Waals surface area (Å²) >= 11 is 1.70. The van der Waals surface area contributed by atoms with Gasteiger partial charge in [0.05, 0.1) is 0 Å². The first kappa shape index (κ1) is 16.2. The van der Waals surface area contributed by atoms with Crippen molar-refractivity contribution in [1.82, 2.24) is 25.0 Å². The van der Waals surface area contributed by atoms with E-state index in [0.717, 1.165) is 54.9 Å². The molecule has 6 nitrogen and oxygen atoms in total. The van der Waals surface area contributed by atoms with Gasteiger partial charge in [-0.1, -0.05) is 41.7 Å². The summed E-state index contributed by atoms with van der Waals surface area (Å²) in [5, 5.41) is 19.4. The third-order valence-electron chi connectivity index (χ3n) is 4.70. The Balaban J connectivity index is 1.47. The molecule has 0 radical (unpaired) electrons. The van der Waals surface area contributed by atoms with Gasteiger partial charge in [0.25, 0.3) is 0 Å². The first-order valence-corrected chi connectivity index (χ1v) is 9.64. The van der Waals surface area contributed by atoms with Gasteiger partial charge in [-0.2, -0.15) is 0 Å². The average Bonchev–Trinajstić information content (AvgIpc) is 3.32. The summed E-state index contributed by atoms with van der Waals surface area (Å²) in [7, 11) is 0. The zero-order chi connectivity index (χ0) is 17.1. The Kier molecular flexibility index (Phi) is 4.74. The van der Waals surface area contributed by atoms with Crippen LogP contribution in [0.5, 0.6) is 0 Å². The van der Waals surface area contributed by atoms with Gasteiger partial charge in [0.15, 0.2) is 0 Å². The van der Waals surface area contributed by atoms with Crippen molar-refractivity contribution in [3.63, 3.8) is 0 Å². The molecular formula is C18H22N6S. The highest BCUT2D eigenvalue weighted by molar-refractivity contribution is 7.15. The van der Waals surface area contributed by atoms with E-state index in [-0.39, 0.29) is 0 Å². The van der Waals surface area contributed by atoms with E-state index in [1.807, 2.05) is 12.4 Å². The molecule has 3 heterocycles. The molecule has 130 valence electrons. The highest BCUT2D eigenvalue weighted by Gasteiger charge is 2.27. The minimum Gasteiger partial charge on any atom is -0.346 e. The van der Waals surface area contributed by atoms with Gasteiger partial charge in [-0.05, 0) is 25.3 Å². The van der Waals surface area contributed by atoms with Gasteiger partial charge >= 0.3 is 0 Å². The number of benzene rings is 1. The van der Waals surface area contributed by atoms with E-state index < -0.39 is 0 Å². The number of hydrogen-bond donors (Lipinski definition) is 0. The highest BCUT2D eigenvalue weighted by atomic mass is 32.1. The van der Waals surface area contributed by atoms with E-state index in [1.54, 1.807) is 11.3 Å². The molecule has 0 spiro atoms. The number of hydrogen-bond acceptors (Lipinski definition) is 6. The van der Waals surface area contributed by atoms with Crippen LogP contribution >= 0.6 is 11.3 Å². The molecule has 1 aromatic carbocycles. The second kappa shape index (κ2) is 7.31. The van der Waals surface area contributed by atoms with Crippen molar-refractivity contribution in [2.24, 2.45) is 0 Å². The lowest BCUT2D eigenvalue weighted by Gasteiger charge is -2.31. The topological polar surface area (TPSA) is 59.7 Å². The molecule has 0 amide bonds. The van der Waals surface area contributed by atoms with Gasteiger partial charge in [-0.3, -0.25) is 0 Å². The van der Waals surface area contributed by atoms with Crippen molar-refractivity contribution in [2.75, 3.05) is 18.0 Å². The van der Waals surface area contributed by atoms with Gasteiger partial charge in [0.1, 0.15) is 17.2 Å². The van der Waals surface area contributed by atoms with Gasteiger partial charge < -0.3 is 9.47 Å². The van der Waals surface area contributed by atoms with Crippen molar-refractivity contribution in [2.45, 2.75) is 38.6 Å². The third kappa shape index (κ3) is 3.56. The summed E-state index contributed by atoms with van der Waals surface area (Å²) in [6, 6.07) is 10.4. The lowest BCUT2D eigenvalue weighted by molar-refractivity contribution is 0.472. The molecule has 3 aromatic rings. The molecule has 4 rings (SSSR count). The van der Waals surface area contributed by atoms with E-state index in [0.29, 0.717) is 5.92 Å². The summed E-state index contributed by atoms with van der Waals surface area (Å²) < 4.78 is 2.15.